The molecular formula is C13H10INO2. The monoisotopic (exact) mass is 339 g/mol. The molecule has 0 saturated carbocycles. The Morgan fingerprint density at radius 3 is 1.88 bits per heavy atom. The number of carboxylic acid groups (broad SMARTS) is 1. The minimum absolute atomic E-state index is 0.290. The molecule has 0 amide bonds. The zero-order chi connectivity index (χ0) is 12.3. The number of carboxylic acids is 1. The fourth-order valence-corrected chi connectivity index (χ4v) is 1.76. The number of nitrogens with one attached hydrogen (secondary N) is 1. The number of aromatic carboxylic acids is 1. The molecule has 0 aliphatic carbocycles. The van der Waals surface area contributed by atoms with Crippen molar-refractivity contribution in [2.75, 3.05) is 5.32 Å². The molecule has 2 N–H and O–H groups in total. The molecule has 0 aromatic heterocycles. The van der Waals surface area contributed by atoms with Gasteiger partial charge in [-0.3, -0.25) is 0 Å². The Morgan fingerprint density at radius 1 is 0.941 bits per heavy atom. The normalized spacial score (nSPS) is 9.94. The molecule has 86 valence electrons. The molecule has 0 aliphatic rings. The molecule has 0 saturated heterocycles. The van der Waals surface area contributed by atoms with Gasteiger partial charge in [-0.25, -0.2) is 4.79 Å². The van der Waals surface area contributed by atoms with E-state index in [0.717, 1.165) is 11.4 Å². The van der Waals surface area contributed by atoms with Crippen LogP contribution in [0.5, 0.6) is 0 Å². The third-order valence-electron chi connectivity index (χ3n) is 2.26. The summed E-state index contributed by atoms with van der Waals surface area (Å²) in [7, 11) is 0. The van der Waals surface area contributed by atoms with E-state index in [1.165, 1.54) is 3.57 Å². The van der Waals surface area contributed by atoms with Gasteiger partial charge in [-0.1, -0.05) is 0 Å². The van der Waals surface area contributed by atoms with Crippen LogP contribution in [0.25, 0.3) is 0 Å². The van der Waals surface area contributed by atoms with Gasteiger partial charge in [0, 0.05) is 14.9 Å². The highest BCUT2D eigenvalue weighted by atomic mass is 127. The molecule has 4 heteroatoms. The molecule has 2 aromatic rings. The van der Waals surface area contributed by atoms with Crippen molar-refractivity contribution in [3.63, 3.8) is 0 Å². The zero-order valence-electron chi connectivity index (χ0n) is 8.85. The minimum atomic E-state index is -0.911. The molecule has 3 nitrogen and oxygen atoms in total. The maximum Gasteiger partial charge on any atom is 0.335 e. The van der Waals surface area contributed by atoms with E-state index in [4.69, 9.17) is 5.11 Å². The van der Waals surface area contributed by atoms with Crippen molar-refractivity contribution < 1.29 is 9.90 Å². The van der Waals surface area contributed by atoms with E-state index in [1.807, 2.05) is 24.3 Å². The van der Waals surface area contributed by atoms with E-state index in [0.29, 0.717) is 0 Å². The predicted molar refractivity (Wildman–Crippen MR) is 75.8 cm³/mol. The Kier molecular flexibility index (Phi) is 3.63. The highest BCUT2D eigenvalue weighted by Gasteiger charge is 2.01. The van der Waals surface area contributed by atoms with Gasteiger partial charge in [0.2, 0.25) is 0 Å². The fourth-order valence-electron chi connectivity index (χ4n) is 1.40. The van der Waals surface area contributed by atoms with Crippen molar-refractivity contribution >= 4 is 39.9 Å². The van der Waals surface area contributed by atoms with Crippen LogP contribution >= 0.6 is 22.6 Å². The Labute approximate surface area is 113 Å². The number of carbonyl (C=O) groups is 1. The molecule has 0 spiro atoms. The highest BCUT2D eigenvalue weighted by molar-refractivity contribution is 14.1. The Hall–Kier alpha value is -1.56. The minimum Gasteiger partial charge on any atom is -0.478 e. The summed E-state index contributed by atoms with van der Waals surface area (Å²) in [5.74, 6) is -0.911. The average Bonchev–Trinajstić information content (AvgIpc) is 2.33. The zero-order valence-corrected chi connectivity index (χ0v) is 11.0. The first-order valence-electron chi connectivity index (χ1n) is 5.01. The van der Waals surface area contributed by atoms with Gasteiger partial charge >= 0.3 is 5.97 Å². The molecule has 0 bridgehead atoms. The molecule has 0 aliphatic heterocycles. The molecular weight excluding hydrogens is 329 g/mol. The lowest BCUT2D eigenvalue weighted by Gasteiger charge is -2.06. The van der Waals surface area contributed by atoms with Crippen molar-refractivity contribution in [2.24, 2.45) is 0 Å². The molecule has 0 radical (unpaired) electrons. The summed E-state index contributed by atoms with van der Waals surface area (Å²) in [6.07, 6.45) is 0. The molecule has 0 atom stereocenters. The SMILES string of the molecule is O=C(O)c1ccc(Nc2ccc(I)cc2)cc1. The van der Waals surface area contributed by atoms with E-state index >= 15 is 0 Å². The van der Waals surface area contributed by atoms with Crippen LogP contribution in [0.15, 0.2) is 48.5 Å². The van der Waals surface area contributed by atoms with Gasteiger partial charge in [0.05, 0.1) is 5.56 Å². The second-order valence-electron chi connectivity index (χ2n) is 3.51. The number of benzene rings is 2. The van der Waals surface area contributed by atoms with Gasteiger partial charge < -0.3 is 10.4 Å². The summed E-state index contributed by atoms with van der Waals surface area (Å²) >= 11 is 2.25. The Morgan fingerprint density at radius 2 is 1.41 bits per heavy atom. The lowest BCUT2D eigenvalue weighted by molar-refractivity contribution is 0.0697. The molecule has 2 aromatic carbocycles. The summed E-state index contributed by atoms with van der Waals surface area (Å²) in [5.41, 5.74) is 2.14. The van der Waals surface area contributed by atoms with Crippen LogP contribution in [-0.4, -0.2) is 11.1 Å². The number of halogens is 1. The van der Waals surface area contributed by atoms with E-state index < -0.39 is 5.97 Å². The van der Waals surface area contributed by atoms with Gasteiger partial charge in [-0.2, -0.15) is 0 Å². The standard InChI is InChI=1S/C13H10INO2/c14-10-3-7-12(8-4-10)15-11-5-1-9(2-6-11)13(16)17/h1-8,15H,(H,16,17). The van der Waals surface area contributed by atoms with Gasteiger partial charge in [0.25, 0.3) is 0 Å². The Bertz CT molecular complexity index is 520. The van der Waals surface area contributed by atoms with Crippen LogP contribution in [0, 0.1) is 3.57 Å². The van der Waals surface area contributed by atoms with E-state index in [1.54, 1.807) is 24.3 Å². The van der Waals surface area contributed by atoms with E-state index in [-0.39, 0.29) is 5.56 Å². The summed E-state index contributed by atoms with van der Waals surface area (Å²) in [6, 6.07) is 14.6. The molecule has 0 fully saturated rings. The number of anilines is 2. The quantitative estimate of drug-likeness (QED) is 0.838. The van der Waals surface area contributed by atoms with Crippen LogP contribution < -0.4 is 5.32 Å². The lowest BCUT2D eigenvalue weighted by atomic mass is 10.2. The highest BCUT2D eigenvalue weighted by Crippen LogP contribution is 2.18. The van der Waals surface area contributed by atoms with Crippen molar-refractivity contribution in [2.45, 2.75) is 0 Å². The van der Waals surface area contributed by atoms with Crippen molar-refractivity contribution in [1.82, 2.24) is 0 Å². The number of hydrogen-bond donors (Lipinski definition) is 2. The predicted octanol–water partition coefficient (Wildman–Crippen LogP) is 3.73. The lowest BCUT2D eigenvalue weighted by Crippen LogP contribution is -1.96. The average molecular weight is 339 g/mol. The van der Waals surface area contributed by atoms with Gasteiger partial charge in [0.15, 0.2) is 0 Å². The van der Waals surface area contributed by atoms with E-state index in [9.17, 15) is 4.79 Å². The molecule has 17 heavy (non-hydrogen) atoms. The topological polar surface area (TPSA) is 49.3 Å². The Balaban J connectivity index is 2.13. The van der Waals surface area contributed by atoms with Crippen molar-refractivity contribution in [1.29, 1.82) is 0 Å². The van der Waals surface area contributed by atoms with Gasteiger partial charge in [-0.05, 0) is 71.1 Å². The summed E-state index contributed by atoms with van der Waals surface area (Å²) in [4.78, 5) is 10.7. The maximum atomic E-state index is 10.7. The first-order valence-corrected chi connectivity index (χ1v) is 6.09. The maximum absolute atomic E-state index is 10.7. The molecule has 0 unspecified atom stereocenters. The van der Waals surface area contributed by atoms with Gasteiger partial charge in [-0.15, -0.1) is 0 Å². The number of rotatable bonds is 3. The van der Waals surface area contributed by atoms with Gasteiger partial charge in [0.1, 0.15) is 0 Å². The molecule has 2 rings (SSSR count). The summed E-state index contributed by atoms with van der Waals surface area (Å²) < 4.78 is 1.18. The third-order valence-corrected chi connectivity index (χ3v) is 2.98. The fraction of sp³-hybridized carbons (Fsp3) is 0. The first-order chi connectivity index (χ1) is 8.15. The van der Waals surface area contributed by atoms with Crippen LogP contribution in [0.1, 0.15) is 10.4 Å². The number of hydrogen-bond acceptors (Lipinski definition) is 2. The summed E-state index contributed by atoms with van der Waals surface area (Å²) in [6.45, 7) is 0. The molecule has 0 heterocycles. The van der Waals surface area contributed by atoms with Crippen LogP contribution in [0.2, 0.25) is 0 Å². The second-order valence-corrected chi connectivity index (χ2v) is 4.76. The van der Waals surface area contributed by atoms with Crippen molar-refractivity contribution in [3.8, 4) is 0 Å². The second kappa shape index (κ2) is 5.18. The third kappa shape index (κ3) is 3.20. The van der Waals surface area contributed by atoms with Crippen LogP contribution in [0.4, 0.5) is 11.4 Å². The smallest absolute Gasteiger partial charge is 0.335 e. The van der Waals surface area contributed by atoms with Crippen molar-refractivity contribution in [3.05, 3.63) is 57.7 Å². The summed E-state index contributed by atoms with van der Waals surface area (Å²) in [5, 5.41) is 12.0. The largest absolute Gasteiger partial charge is 0.478 e. The van der Waals surface area contributed by atoms with E-state index in [2.05, 4.69) is 27.9 Å². The van der Waals surface area contributed by atoms with Crippen LogP contribution in [-0.2, 0) is 0 Å². The first kappa shape index (κ1) is 11.9. The van der Waals surface area contributed by atoms with Crippen LogP contribution in [0.3, 0.4) is 0 Å².